The van der Waals surface area contributed by atoms with Crippen molar-refractivity contribution in [1.82, 2.24) is 20.4 Å². The zero-order valence-electron chi connectivity index (χ0n) is 16.3. The smallest absolute Gasteiger partial charge is 0.413 e. The summed E-state index contributed by atoms with van der Waals surface area (Å²) in [5, 5.41) is 9.65. The third-order valence-electron chi connectivity index (χ3n) is 5.37. The van der Waals surface area contributed by atoms with E-state index in [4.69, 9.17) is 4.42 Å². The van der Waals surface area contributed by atoms with Crippen LogP contribution in [0.15, 0.2) is 53.0 Å². The lowest BCUT2D eigenvalue weighted by Crippen LogP contribution is -2.54. The summed E-state index contributed by atoms with van der Waals surface area (Å²) in [6.07, 6.45) is 3.34. The van der Waals surface area contributed by atoms with Crippen LogP contribution in [0, 0.1) is 11.8 Å². The number of nitrogens with one attached hydrogen (secondary N) is 1. The first kappa shape index (κ1) is 20.3. The van der Waals surface area contributed by atoms with Crippen molar-refractivity contribution in [2.75, 3.05) is 13.1 Å². The van der Waals surface area contributed by atoms with Gasteiger partial charge in [0.1, 0.15) is 0 Å². The van der Waals surface area contributed by atoms with Gasteiger partial charge in [-0.2, -0.15) is 13.2 Å². The van der Waals surface area contributed by atoms with Crippen molar-refractivity contribution >= 4 is 5.91 Å². The van der Waals surface area contributed by atoms with Crippen molar-refractivity contribution < 1.29 is 22.4 Å². The van der Waals surface area contributed by atoms with Crippen LogP contribution in [-0.2, 0) is 17.5 Å². The molecule has 1 fully saturated rings. The second kappa shape index (κ2) is 8.06. The molecule has 2 atom stereocenters. The van der Waals surface area contributed by atoms with Crippen LogP contribution in [0.4, 0.5) is 13.2 Å². The lowest BCUT2D eigenvalue weighted by molar-refractivity contribution is -0.157. The number of benzene rings is 1. The summed E-state index contributed by atoms with van der Waals surface area (Å²) in [6.45, 7) is 3.82. The Bertz CT molecular complexity index is 961. The average molecular weight is 418 g/mol. The number of alkyl halides is 3. The molecule has 6 nitrogen and oxygen atoms in total. The van der Waals surface area contributed by atoms with Crippen molar-refractivity contribution in [2.24, 2.45) is 11.8 Å². The number of allylic oxidation sites excluding steroid dienone is 2. The molecule has 1 aromatic carbocycles. The van der Waals surface area contributed by atoms with Crippen LogP contribution in [0.2, 0.25) is 0 Å². The minimum Gasteiger partial charge on any atom is -0.413 e. The second-order valence-electron chi connectivity index (χ2n) is 7.55. The highest BCUT2D eigenvalue weighted by molar-refractivity contribution is 5.81. The number of hydrogen-bond donors (Lipinski definition) is 1. The number of carbonyl (C=O) groups excluding carboxylic acids is 1. The topological polar surface area (TPSA) is 71.3 Å². The van der Waals surface area contributed by atoms with Gasteiger partial charge >= 0.3 is 12.1 Å². The first-order chi connectivity index (χ1) is 14.3. The van der Waals surface area contributed by atoms with E-state index < -0.39 is 12.1 Å². The summed E-state index contributed by atoms with van der Waals surface area (Å²) in [4.78, 5) is 14.9. The van der Waals surface area contributed by atoms with Gasteiger partial charge in [-0.15, -0.1) is 10.2 Å². The second-order valence-corrected chi connectivity index (χ2v) is 7.55. The quantitative estimate of drug-likeness (QED) is 0.806. The third kappa shape index (κ3) is 4.16. The minimum atomic E-state index is -4.68. The lowest BCUT2D eigenvalue weighted by atomic mass is 9.92. The molecular weight excluding hydrogens is 397 g/mol. The highest BCUT2D eigenvalue weighted by Crippen LogP contribution is 2.30. The van der Waals surface area contributed by atoms with Gasteiger partial charge in [0.05, 0.1) is 12.0 Å². The predicted molar refractivity (Wildman–Crippen MR) is 103 cm³/mol. The Hall–Kier alpha value is -2.94. The molecule has 2 aromatic rings. The van der Waals surface area contributed by atoms with E-state index in [0.29, 0.717) is 25.2 Å². The molecular formula is C21H21F3N4O2. The number of rotatable bonds is 5. The molecule has 1 N–H and O–H groups in total. The summed E-state index contributed by atoms with van der Waals surface area (Å²) < 4.78 is 42.7. The fourth-order valence-corrected chi connectivity index (χ4v) is 3.53. The molecule has 1 amide bonds. The SMILES string of the molecule is CC1C=CC=CC1N(Cc1ccc(-c2nnc(C(F)(F)F)o2)cc1)C(=O)C1CNC1. The molecule has 4 rings (SSSR count). The van der Waals surface area contributed by atoms with E-state index in [1.807, 2.05) is 23.1 Å². The molecule has 1 aromatic heterocycles. The Kier molecular flexibility index (Phi) is 5.46. The van der Waals surface area contributed by atoms with Gasteiger partial charge in [0.25, 0.3) is 0 Å². The highest BCUT2D eigenvalue weighted by Gasteiger charge is 2.38. The van der Waals surface area contributed by atoms with E-state index in [0.717, 1.165) is 5.56 Å². The van der Waals surface area contributed by atoms with Crippen LogP contribution in [0.3, 0.4) is 0 Å². The molecule has 9 heteroatoms. The standard InChI is InChI=1S/C21H21F3N4O2/c1-13-4-2-3-5-17(13)28(19(29)16-10-25-11-16)12-14-6-8-15(9-7-14)18-26-27-20(30-18)21(22,23)24/h2-9,13,16-17,25H,10-12H2,1H3. The first-order valence-electron chi connectivity index (χ1n) is 9.69. The molecule has 2 heterocycles. The number of nitrogens with zero attached hydrogens (tertiary/aromatic N) is 3. The molecule has 0 spiro atoms. The van der Waals surface area contributed by atoms with Crippen LogP contribution in [0.1, 0.15) is 18.4 Å². The van der Waals surface area contributed by atoms with Gasteiger partial charge in [-0.3, -0.25) is 4.79 Å². The summed E-state index contributed by atoms with van der Waals surface area (Å²) in [5.41, 5.74) is 1.25. The largest absolute Gasteiger partial charge is 0.470 e. The molecule has 30 heavy (non-hydrogen) atoms. The number of amides is 1. The van der Waals surface area contributed by atoms with Crippen LogP contribution in [-0.4, -0.2) is 40.1 Å². The van der Waals surface area contributed by atoms with Crippen LogP contribution in [0.25, 0.3) is 11.5 Å². The van der Waals surface area contributed by atoms with E-state index in [-0.39, 0.29) is 29.7 Å². The maximum atomic E-state index is 13.0. The molecule has 1 aliphatic heterocycles. The highest BCUT2D eigenvalue weighted by atomic mass is 19.4. The van der Waals surface area contributed by atoms with Gasteiger partial charge in [0, 0.05) is 25.2 Å². The van der Waals surface area contributed by atoms with E-state index in [1.54, 1.807) is 24.3 Å². The van der Waals surface area contributed by atoms with Crippen molar-refractivity contribution in [3.63, 3.8) is 0 Å². The van der Waals surface area contributed by atoms with Crippen molar-refractivity contribution in [3.8, 4) is 11.5 Å². The molecule has 1 aliphatic carbocycles. The van der Waals surface area contributed by atoms with Gasteiger partial charge in [0.15, 0.2) is 0 Å². The number of halogens is 3. The van der Waals surface area contributed by atoms with E-state index >= 15 is 0 Å². The Labute approximate surface area is 171 Å². The van der Waals surface area contributed by atoms with Crippen molar-refractivity contribution in [2.45, 2.75) is 25.7 Å². The zero-order chi connectivity index (χ0) is 21.3. The molecule has 0 saturated carbocycles. The Morgan fingerprint density at radius 2 is 1.87 bits per heavy atom. The van der Waals surface area contributed by atoms with Crippen molar-refractivity contribution in [3.05, 3.63) is 60.0 Å². The number of carbonyl (C=O) groups is 1. The van der Waals surface area contributed by atoms with E-state index in [9.17, 15) is 18.0 Å². The van der Waals surface area contributed by atoms with Gasteiger partial charge in [-0.25, -0.2) is 0 Å². The van der Waals surface area contributed by atoms with Crippen LogP contribution in [0.5, 0.6) is 0 Å². The maximum Gasteiger partial charge on any atom is 0.470 e. The van der Waals surface area contributed by atoms with Crippen molar-refractivity contribution in [1.29, 1.82) is 0 Å². The van der Waals surface area contributed by atoms with Crippen LogP contribution < -0.4 is 5.32 Å². The molecule has 0 bridgehead atoms. The lowest BCUT2D eigenvalue weighted by Gasteiger charge is -2.39. The van der Waals surface area contributed by atoms with Gasteiger partial charge in [-0.05, 0) is 23.6 Å². The monoisotopic (exact) mass is 418 g/mol. The maximum absolute atomic E-state index is 13.0. The predicted octanol–water partition coefficient (Wildman–Crippen LogP) is 3.43. The van der Waals surface area contributed by atoms with Crippen LogP contribution >= 0.6 is 0 Å². The minimum absolute atomic E-state index is 0.0324. The normalized spacial score (nSPS) is 21.5. The molecule has 158 valence electrons. The molecule has 2 unspecified atom stereocenters. The molecule has 2 aliphatic rings. The Morgan fingerprint density at radius 1 is 1.17 bits per heavy atom. The fourth-order valence-electron chi connectivity index (χ4n) is 3.53. The molecule has 0 radical (unpaired) electrons. The first-order valence-corrected chi connectivity index (χ1v) is 9.69. The summed E-state index contributed by atoms with van der Waals surface area (Å²) in [6, 6.07) is 6.72. The van der Waals surface area contributed by atoms with E-state index in [2.05, 4.69) is 28.5 Å². The Morgan fingerprint density at radius 3 is 2.43 bits per heavy atom. The fraction of sp³-hybridized carbons (Fsp3) is 0.381. The average Bonchev–Trinajstić information content (AvgIpc) is 3.16. The van der Waals surface area contributed by atoms with E-state index in [1.165, 1.54) is 0 Å². The molecule has 1 saturated heterocycles. The zero-order valence-corrected chi connectivity index (χ0v) is 16.3. The third-order valence-corrected chi connectivity index (χ3v) is 5.37. The Balaban J connectivity index is 1.53. The summed E-state index contributed by atoms with van der Waals surface area (Å²) in [5.74, 6) is -1.32. The number of hydrogen-bond acceptors (Lipinski definition) is 5. The number of aromatic nitrogens is 2. The van der Waals surface area contributed by atoms with Gasteiger partial charge < -0.3 is 14.6 Å². The summed E-state index contributed by atoms with van der Waals surface area (Å²) >= 11 is 0. The van der Waals surface area contributed by atoms with Gasteiger partial charge in [-0.1, -0.05) is 43.4 Å². The van der Waals surface area contributed by atoms with Gasteiger partial charge in [0.2, 0.25) is 11.8 Å². The summed E-state index contributed by atoms with van der Waals surface area (Å²) in [7, 11) is 0.